The van der Waals surface area contributed by atoms with Gasteiger partial charge < -0.3 is 15.5 Å². The number of benzene rings is 1. The Hall–Kier alpha value is -2.89. The number of hydrogen-bond acceptors (Lipinski definition) is 3. The van der Waals surface area contributed by atoms with Crippen LogP contribution in [0.3, 0.4) is 0 Å². The van der Waals surface area contributed by atoms with Crippen LogP contribution in [0.25, 0.3) is 0 Å². The molecule has 2 aromatic rings. The first kappa shape index (κ1) is 18.4. The fraction of sp³-hybridized carbons (Fsp3) is 0.316. The van der Waals surface area contributed by atoms with E-state index < -0.39 is 0 Å². The molecular weight excluding hydrogens is 314 g/mol. The molecule has 132 valence electrons. The van der Waals surface area contributed by atoms with Crippen LogP contribution in [-0.4, -0.2) is 48.9 Å². The number of guanidine groups is 1. The third-order valence-corrected chi connectivity index (χ3v) is 3.58. The number of aromatic nitrogens is 1. The number of nitrogens with one attached hydrogen (secondary N) is 2. The molecule has 1 aromatic heterocycles. The fourth-order valence-corrected chi connectivity index (χ4v) is 2.11. The Balaban J connectivity index is 1.91. The number of likely N-dealkylation sites (N-methyl/N-ethyl adjacent to an activating group) is 1. The quantitative estimate of drug-likeness (QED) is 0.592. The van der Waals surface area contributed by atoms with E-state index in [1.54, 1.807) is 25.2 Å². The lowest BCUT2D eigenvalue weighted by Gasteiger charge is -2.15. The van der Waals surface area contributed by atoms with Gasteiger partial charge in [-0.1, -0.05) is 36.4 Å². The third-order valence-electron chi connectivity index (χ3n) is 3.58. The Labute approximate surface area is 149 Å². The Morgan fingerprint density at radius 1 is 1.08 bits per heavy atom. The summed E-state index contributed by atoms with van der Waals surface area (Å²) in [4.78, 5) is 22.1. The average molecular weight is 339 g/mol. The second kappa shape index (κ2) is 10.1. The maximum atomic E-state index is 11.8. The van der Waals surface area contributed by atoms with Gasteiger partial charge >= 0.3 is 0 Å². The minimum absolute atomic E-state index is 0.00426. The Morgan fingerprint density at radius 2 is 1.84 bits per heavy atom. The summed E-state index contributed by atoms with van der Waals surface area (Å²) in [5.41, 5.74) is 2.13. The fourth-order valence-electron chi connectivity index (χ4n) is 2.11. The van der Waals surface area contributed by atoms with Crippen molar-refractivity contribution in [2.75, 3.05) is 27.2 Å². The molecule has 0 saturated heterocycles. The van der Waals surface area contributed by atoms with Crippen molar-refractivity contribution < 1.29 is 4.79 Å². The molecule has 6 nitrogen and oxygen atoms in total. The van der Waals surface area contributed by atoms with Gasteiger partial charge in [-0.3, -0.25) is 9.78 Å². The summed E-state index contributed by atoms with van der Waals surface area (Å²) in [6.45, 7) is 1.39. The smallest absolute Gasteiger partial charge is 0.241 e. The Bertz CT molecular complexity index is 671. The van der Waals surface area contributed by atoms with Crippen LogP contribution in [0.5, 0.6) is 0 Å². The van der Waals surface area contributed by atoms with Gasteiger partial charge in [0.15, 0.2) is 5.96 Å². The summed E-state index contributed by atoms with van der Waals surface area (Å²) in [6, 6.07) is 16.0. The number of carbonyl (C=O) groups excluding carboxylic acids is 1. The first-order valence-corrected chi connectivity index (χ1v) is 8.31. The second-order valence-electron chi connectivity index (χ2n) is 5.79. The van der Waals surface area contributed by atoms with E-state index in [4.69, 9.17) is 0 Å². The van der Waals surface area contributed by atoms with Crippen molar-refractivity contribution >= 4 is 11.9 Å². The third kappa shape index (κ3) is 7.03. The lowest BCUT2D eigenvalue weighted by molar-refractivity contribution is -0.127. The second-order valence-corrected chi connectivity index (χ2v) is 5.79. The maximum Gasteiger partial charge on any atom is 0.241 e. The van der Waals surface area contributed by atoms with Gasteiger partial charge in [0.25, 0.3) is 0 Å². The molecule has 0 spiro atoms. The van der Waals surface area contributed by atoms with Crippen LogP contribution in [0.1, 0.15) is 11.3 Å². The summed E-state index contributed by atoms with van der Waals surface area (Å²) in [5, 5.41) is 6.35. The van der Waals surface area contributed by atoms with Gasteiger partial charge in [-0.05, 0) is 24.1 Å². The van der Waals surface area contributed by atoms with Crippen molar-refractivity contribution in [2.45, 2.75) is 13.0 Å². The first-order chi connectivity index (χ1) is 12.1. The predicted molar refractivity (Wildman–Crippen MR) is 100 cm³/mol. The predicted octanol–water partition coefficient (Wildman–Crippen LogP) is 1.45. The largest absolute Gasteiger partial charge is 0.356 e. The molecular formula is C19H25N5O. The number of rotatable bonds is 7. The molecule has 1 aromatic carbocycles. The van der Waals surface area contributed by atoms with Crippen LogP contribution < -0.4 is 10.6 Å². The number of amides is 1. The molecule has 6 heteroatoms. The normalized spacial score (nSPS) is 11.0. The lowest BCUT2D eigenvalue weighted by Crippen LogP contribution is -2.43. The van der Waals surface area contributed by atoms with Gasteiger partial charge in [0, 0.05) is 26.8 Å². The van der Waals surface area contributed by atoms with Crippen LogP contribution in [0.4, 0.5) is 0 Å². The van der Waals surface area contributed by atoms with Crippen molar-refractivity contribution in [3.8, 4) is 0 Å². The van der Waals surface area contributed by atoms with Gasteiger partial charge in [-0.2, -0.15) is 0 Å². The number of hydrogen-bond donors (Lipinski definition) is 2. The van der Waals surface area contributed by atoms with Crippen molar-refractivity contribution in [1.82, 2.24) is 20.5 Å². The highest BCUT2D eigenvalue weighted by molar-refractivity contribution is 5.86. The minimum Gasteiger partial charge on any atom is -0.356 e. The highest BCUT2D eigenvalue weighted by Gasteiger charge is 2.06. The van der Waals surface area contributed by atoms with Gasteiger partial charge in [-0.15, -0.1) is 0 Å². The molecule has 0 saturated carbocycles. The molecule has 0 aliphatic rings. The minimum atomic E-state index is -0.00426. The SMILES string of the molecule is CN(C)C(=O)CNC(=NCc1ccccn1)NCCc1ccccc1. The van der Waals surface area contributed by atoms with E-state index in [1.807, 2.05) is 36.4 Å². The monoisotopic (exact) mass is 339 g/mol. The highest BCUT2D eigenvalue weighted by Crippen LogP contribution is 1.99. The van der Waals surface area contributed by atoms with Crippen LogP contribution in [0, 0.1) is 0 Å². The molecule has 0 fully saturated rings. The molecule has 2 N–H and O–H groups in total. The van der Waals surface area contributed by atoms with Crippen molar-refractivity contribution in [3.63, 3.8) is 0 Å². The first-order valence-electron chi connectivity index (χ1n) is 8.31. The van der Waals surface area contributed by atoms with Crippen molar-refractivity contribution in [3.05, 3.63) is 66.0 Å². The van der Waals surface area contributed by atoms with Crippen LogP contribution >= 0.6 is 0 Å². The molecule has 0 unspecified atom stereocenters. The molecule has 2 rings (SSSR count). The molecule has 0 atom stereocenters. The van der Waals surface area contributed by atoms with E-state index in [1.165, 1.54) is 5.56 Å². The standard InChI is InChI=1S/C19H25N5O/c1-24(2)18(25)15-23-19(22-14-17-10-6-7-12-20-17)21-13-11-16-8-4-3-5-9-16/h3-10,12H,11,13-15H2,1-2H3,(H2,21,22,23). The van der Waals surface area contributed by atoms with Gasteiger partial charge in [0.2, 0.25) is 5.91 Å². The van der Waals surface area contributed by atoms with Crippen LogP contribution in [-0.2, 0) is 17.8 Å². The number of nitrogens with zero attached hydrogens (tertiary/aromatic N) is 3. The number of carbonyl (C=O) groups is 1. The molecule has 0 radical (unpaired) electrons. The summed E-state index contributed by atoms with van der Waals surface area (Å²) >= 11 is 0. The zero-order valence-corrected chi connectivity index (χ0v) is 14.8. The Kier molecular flexibility index (Phi) is 7.43. The van der Waals surface area contributed by atoms with Crippen LogP contribution in [0.15, 0.2) is 59.7 Å². The van der Waals surface area contributed by atoms with Gasteiger partial charge in [-0.25, -0.2) is 4.99 Å². The maximum absolute atomic E-state index is 11.8. The molecule has 0 bridgehead atoms. The highest BCUT2D eigenvalue weighted by atomic mass is 16.2. The average Bonchev–Trinajstić information content (AvgIpc) is 2.64. The van der Waals surface area contributed by atoms with E-state index in [9.17, 15) is 4.79 Å². The molecule has 1 heterocycles. The zero-order chi connectivity index (χ0) is 17.9. The summed E-state index contributed by atoms with van der Waals surface area (Å²) < 4.78 is 0. The topological polar surface area (TPSA) is 69.6 Å². The molecule has 25 heavy (non-hydrogen) atoms. The number of pyridine rings is 1. The molecule has 1 amide bonds. The van der Waals surface area contributed by atoms with E-state index in [0.29, 0.717) is 12.5 Å². The van der Waals surface area contributed by atoms with E-state index in [2.05, 4.69) is 32.7 Å². The number of aliphatic imine (C=N–C) groups is 1. The summed E-state index contributed by atoms with van der Waals surface area (Å²) in [5.74, 6) is 0.604. The van der Waals surface area contributed by atoms with Crippen molar-refractivity contribution in [2.24, 2.45) is 4.99 Å². The molecule has 0 aliphatic carbocycles. The van der Waals surface area contributed by atoms with E-state index in [0.717, 1.165) is 18.7 Å². The van der Waals surface area contributed by atoms with E-state index in [-0.39, 0.29) is 12.5 Å². The molecule has 0 aliphatic heterocycles. The Morgan fingerprint density at radius 3 is 2.52 bits per heavy atom. The zero-order valence-electron chi connectivity index (χ0n) is 14.8. The van der Waals surface area contributed by atoms with Crippen molar-refractivity contribution in [1.29, 1.82) is 0 Å². The van der Waals surface area contributed by atoms with Crippen LogP contribution in [0.2, 0.25) is 0 Å². The van der Waals surface area contributed by atoms with Gasteiger partial charge in [0.05, 0.1) is 18.8 Å². The van der Waals surface area contributed by atoms with E-state index >= 15 is 0 Å². The lowest BCUT2D eigenvalue weighted by atomic mass is 10.1. The summed E-state index contributed by atoms with van der Waals surface area (Å²) in [7, 11) is 3.47. The van der Waals surface area contributed by atoms with Gasteiger partial charge in [0.1, 0.15) is 0 Å². The summed E-state index contributed by atoms with van der Waals surface area (Å²) in [6.07, 6.45) is 2.63.